The lowest BCUT2D eigenvalue weighted by Crippen LogP contribution is -2.41. The second kappa shape index (κ2) is 5.99. The first-order chi connectivity index (χ1) is 10.2. The molecule has 0 aliphatic carbocycles. The van der Waals surface area contributed by atoms with E-state index in [2.05, 4.69) is 9.97 Å². The summed E-state index contributed by atoms with van der Waals surface area (Å²) in [5.74, 6) is 0.951. The van der Waals surface area contributed by atoms with Crippen molar-refractivity contribution < 1.29 is 9.53 Å². The van der Waals surface area contributed by atoms with Gasteiger partial charge in [-0.1, -0.05) is 0 Å². The number of aromatic nitrogens is 2. The molecule has 1 saturated heterocycles. The third-order valence-corrected chi connectivity index (χ3v) is 3.87. The number of nitrogens with one attached hydrogen (secondary N) is 1. The molecular weight excluding hydrogens is 266 g/mol. The van der Waals surface area contributed by atoms with E-state index in [0.717, 1.165) is 42.9 Å². The van der Waals surface area contributed by atoms with Gasteiger partial charge in [0.15, 0.2) is 0 Å². The summed E-state index contributed by atoms with van der Waals surface area (Å²) in [6, 6.07) is 5.57. The standard InChI is InChI=1S/C16H19N3O2/c1-12-15(4-9-18-12)16(20)19-10-5-14(6-11-19)21-13-2-7-17-8-3-13/h2-4,7-9,14,18H,5-6,10-11H2,1H3. The van der Waals surface area contributed by atoms with Gasteiger partial charge in [0.2, 0.25) is 0 Å². The van der Waals surface area contributed by atoms with Crippen molar-refractivity contribution >= 4 is 5.91 Å². The van der Waals surface area contributed by atoms with Crippen molar-refractivity contribution in [2.24, 2.45) is 0 Å². The molecule has 0 saturated carbocycles. The van der Waals surface area contributed by atoms with E-state index in [9.17, 15) is 4.79 Å². The maximum Gasteiger partial charge on any atom is 0.255 e. The molecule has 0 unspecified atom stereocenters. The minimum Gasteiger partial charge on any atom is -0.490 e. The number of carbonyl (C=O) groups excluding carboxylic acids is 1. The summed E-state index contributed by atoms with van der Waals surface area (Å²) in [5.41, 5.74) is 1.69. The van der Waals surface area contributed by atoms with Crippen LogP contribution in [0.5, 0.6) is 5.75 Å². The molecule has 3 rings (SSSR count). The lowest BCUT2D eigenvalue weighted by Gasteiger charge is -2.32. The highest BCUT2D eigenvalue weighted by Gasteiger charge is 2.25. The largest absolute Gasteiger partial charge is 0.490 e. The Balaban J connectivity index is 1.56. The Hall–Kier alpha value is -2.30. The summed E-state index contributed by atoms with van der Waals surface area (Å²) in [6.07, 6.45) is 7.14. The van der Waals surface area contributed by atoms with Gasteiger partial charge in [-0.15, -0.1) is 0 Å². The number of aromatic amines is 1. The van der Waals surface area contributed by atoms with Crippen LogP contribution in [0, 0.1) is 6.92 Å². The van der Waals surface area contributed by atoms with Crippen LogP contribution < -0.4 is 4.74 Å². The molecule has 0 spiro atoms. The molecule has 0 radical (unpaired) electrons. The maximum absolute atomic E-state index is 12.4. The summed E-state index contributed by atoms with van der Waals surface area (Å²) in [5, 5.41) is 0. The van der Waals surface area contributed by atoms with Crippen LogP contribution in [0.1, 0.15) is 28.9 Å². The van der Waals surface area contributed by atoms with Crippen molar-refractivity contribution in [1.82, 2.24) is 14.9 Å². The van der Waals surface area contributed by atoms with E-state index in [-0.39, 0.29) is 12.0 Å². The summed E-state index contributed by atoms with van der Waals surface area (Å²) < 4.78 is 5.91. The Kier molecular flexibility index (Phi) is 3.90. The van der Waals surface area contributed by atoms with E-state index in [0.29, 0.717) is 0 Å². The Morgan fingerprint density at radius 2 is 2.00 bits per heavy atom. The van der Waals surface area contributed by atoms with Gasteiger partial charge in [0.1, 0.15) is 11.9 Å². The maximum atomic E-state index is 12.4. The highest BCUT2D eigenvalue weighted by atomic mass is 16.5. The van der Waals surface area contributed by atoms with Crippen LogP contribution >= 0.6 is 0 Å². The van der Waals surface area contributed by atoms with Gasteiger partial charge in [-0.05, 0) is 25.1 Å². The molecule has 0 atom stereocenters. The minimum absolute atomic E-state index is 0.108. The number of rotatable bonds is 3. The van der Waals surface area contributed by atoms with Gasteiger partial charge in [-0.25, -0.2) is 0 Å². The summed E-state index contributed by atoms with van der Waals surface area (Å²) in [7, 11) is 0. The molecular formula is C16H19N3O2. The van der Waals surface area contributed by atoms with E-state index in [1.165, 1.54) is 0 Å². The topological polar surface area (TPSA) is 58.2 Å². The minimum atomic E-state index is 0.108. The molecule has 1 N–H and O–H groups in total. The molecule has 2 aromatic heterocycles. The van der Waals surface area contributed by atoms with Gasteiger partial charge >= 0.3 is 0 Å². The number of likely N-dealkylation sites (tertiary alicyclic amines) is 1. The number of hydrogen-bond acceptors (Lipinski definition) is 3. The number of pyridine rings is 1. The molecule has 1 fully saturated rings. The molecule has 2 aromatic rings. The van der Waals surface area contributed by atoms with Crippen LogP contribution in [0.4, 0.5) is 0 Å². The van der Waals surface area contributed by atoms with Crippen LogP contribution in [0.3, 0.4) is 0 Å². The van der Waals surface area contributed by atoms with Crippen LogP contribution in [0.15, 0.2) is 36.8 Å². The zero-order valence-corrected chi connectivity index (χ0v) is 12.1. The molecule has 1 aliphatic heterocycles. The van der Waals surface area contributed by atoms with Gasteiger partial charge in [0.25, 0.3) is 5.91 Å². The summed E-state index contributed by atoms with van der Waals surface area (Å²) >= 11 is 0. The second-order valence-electron chi connectivity index (χ2n) is 5.31. The number of nitrogens with zero attached hydrogens (tertiary/aromatic N) is 2. The third kappa shape index (κ3) is 3.07. The number of amides is 1. The molecule has 110 valence electrons. The molecule has 5 heteroatoms. The van der Waals surface area contributed by atoms with Gasteiger partial charge < -0.3 is 14.6 Å². The van der Waals surface area contributed by atoms with Crippen LogP contribution in [-0.2, 0) is 0 Å². The van der Waals surface area contributed by atoms with Gasteiger partial charge in [0, 0.05) is 50.2 Å². The Bertz CT molecular complexity index is 601. The predicted octanol–water partition coefficient (Wildman–Crippen LogP) is 2.40. The molecule has 0 bridgehead atoms. The average molecular weight is 285 g/mol. The molecule has 3 heterocycles. The van der Waals surface area contributed by atoms with Crippen molar-refractivity contribution in [1.29, 1.82) is 0 Å². The Morgan fingerprint density at radius 3 is 2.62 bits per heavy atom. The van der Waals surface area contributed by atoms with Crippen LogP contribution in [-0.4, -0.2) is 40.0 Å². The first-order valence-electron chi connectivity index (χ1n) is 7.24. The lowest BCUT2D eigenvalue weighted by atomic mass is 10.1. The quantitative estimate of drug-likeness (QED) is 0.942. The van der Waals surface area contributed by atoms with Gasteiger partial charge in [-0.2, -0.15) is 0 Å². The fourth-order valence-electron chi connectivity index (χ4n) is 2.64. The number of ether oxygens (including phenoxy) is 1. The number of H-pyrrole nitrogens is 1. The second-order valence-corrected chi connectivity index (χ2v) is 5.31. The average Bonchev–Trinajstić information content (AvgIpc) is 2.94. The SMILES string of the molecule is Cc1[nH]ccc1C(=O)N1CCC(Oc2ccncc2)CC1. The first-order valence-corrected chi connectivity index (χ1v) is 7.24. The number of hydrogen-bond donors (Lipinski definition) is 1. The molecule has 5 nitrogen and oxygen atoms in total. The molecule has 21 heavy (non-hydrogen) atoms. The van der Waals surface area contributed by atoms with Crippen molar-refractivity contribution in [3.8, 4) is 5.75 Å². The normalized spacial score (nSPS) is 16.0. The van der Waals surface area contributed by atoms with Crippen LogP contribution in [0.2, 0.25) is 0 Å². The first kappa shape index (κ1) is 13.7. The number of piperidine rings is 1. The fourth-order valence-corrected chi connectivity index (χ4v) is 2.64. The van der Waals surface area contributed by atoms with Gasteiger partial charge in [-0.3, -0.25) is 9.78 Å². The van der Waals surface area contributed by atoms with Crippen LogP contribution in [0.25, 0.3) is 0 Å². The van der Waals surface area contributed by atoms with Crippen molar-refractivity contribution in [3.05, 3.63) is 48.0 Å². The van der Waals surface area contributed by atoms with E-state index in [4.69, 9.17) is 4.74 Å². The van der Waals surface area contributed by atoms with E-state index < -0.39 is 0 Å². The summed E-state index contributed by atoms with van der Waals surface area (Å²) in [4.78, 5) is 21.3. The Labute approximate surface area is 124 Å². The Morgan fingerprint density at radius 1 is 1.29 bits per heavy atom. The van der Waals surface area contributed by atoms with Crippen molar-refractivity contribution in [2.75, 3.05) is 13.1 Å². The van der Waals surface area contributed by atoms with Crippen molar-refractivity contribution in [3.63, 3.8) is 0 Å². The van der Waals surface area contributed by atoms with Gasteiger partial charge in [0.05, 0.1) is 5.56 Å². The smallest absolute Gasteiger partial charge is 0.255 e. The molecule has 1 amide bonds. The number of carbonyl (C=O) groups is 1. The number of aryl methyl sites for hydroxylation is 1. The fraction of sp³-hybridized carbons (Fsp3) is 0.375. The highest BCUT2D eigenvalue weighted by molar-refractivity contribution is 5.95. The predicted molar refractivity (Wildman–Crippen MR) is 79.3 cm³/mol. The zero-order chi connectivity index (χ0) is 14.7. The third-order valence-electron chi connectivity index (χ3n) is 3.87. The molecule has 1 aliphatic rings. The lowest BCUT2D eigenvalue weighted by molar-refractivity contribution is 0.0595. The summed E-state index contributed by atoms with van der Waals surface area (Å²) in [6.45, 7) is 3.39. The van der Waals surface area contributed by atoms with E-state index in [1.807, 2.05) is 36.2 Å². The van der Waals surface area contributed by atoms with E-state index >= 15 is 0 Å². The monoisotopic (exact) mass is 285 g/mol. The zero-order valence-electron chi connectivity index (χ0n) is 12.1. The highest BCUT2D eigenvalue weighted by Crippen LogP contribution is 2.20. The molecule has 0 aromatic carbocycles. The van der Waals surface area contributed by atoms with E-state index in [1.54, 1.807) is 12.4 Å². The van der Waals surface area contributed by atoms with Crippen molar-refractivity contribution in [2.45, 2.75) is 25.9 Å².